The Hall–Kier alpha value is -2.82. The Balaban J connectivity index is 1.85. The second-order valence-electron chi connectivity index (χ2n) is 6.92. The van der Waals surface area contributed by atoms with Crippen molar-refractivity contribution < 1.29 is 9.21 Å². The summed E-state index contributed by atoms with van der Waals surface area (Å²) in [5.41, 5.74) is 4.70. The molecule has 0 aliphatic heterocycles. The van der Waals surface area contributed by atoms with Crippen LogP contribution in [-0.2, 0) is 6.54 Å². The number of rotatable bonds is 4. The Morgan fingerprint density at radius 3 is 2.66 bits per heavy atom. The summed E-state index contributed by atoms with van der Waals surface area (Å²) in [6.45, 7) is 4.29. The molecule has 0 saturated heterocycles. The summed E-state index contributed by atoms with van der Waals surface area (Å²) in [5, 5.41) is 4.75. The molecule has 4 rings (SSSR count). The van der Waals surface area contributed by atoms with E-state index in [-0.39, 0.29) is 5.91 Å². The molecule has 0 aliphatic carbocycles. The van der Waals surface area contributed by atoms with Crippen molar-refractivity contribution in [3.63, 3.8) is 0 Å². The predicted octanol–water partition coefficient (Wildman–Crippen LogP) is 6.35. The molecule has 2 heterocycles. The first-order valence-electron chi connectivity index (χ1n) is 9.10. The summed E-state index contributed by atoms with van der Waals surface area (Å²) < 4.78 is 5.31. The zero-order chi connectivity index (χ0) is 20.5. The van der Waals surface area contributed by atoms with Crippen LogP contribution in [0.4, 0.5) is 0 Å². The van der Waals surface area contributed by atoms with Gasteiger partial charge in [-0.2, -0.15) is 0 Å². The Bertz CT molecular complexity index is 1220. The van der Waals surface area contributed by atoms with Crippen molar-refractivity contribution in [1.82, 2.24) is 10.3 Å². The third-order valence-corrected chi connectivity index (χ3v) is 5.25. The van der Waals surface area contributed by atoms with E-state index in [0.29, 0.717) is 33.6 Å². The summed E-state index contributed by atoms with van der Waals surface area (Å²) in [6.07, 6.45) is 1.58. The van der Waals surface area contributed by atoms with Gasteiger partial charge in [-0.05, 0) is 61.9 Å². The van der Waals surface area contributed by atoms with Crippen molar-refractivity contribution in [2.45, 2.75) is 20.4 Å². The molecule has 29 heavy (non-hydrogen) atoms. The van der Waals surface area contributed by atoms with Gasteiger partial charge < -0.3 is 9.73 Å². The number of benzene rings is 2. The number of aromatic nitrogens is 1. The SMILES string of the molecule is Cc1cc(C)c2nc(-c3ccc(Cl)cc3Cl)cc(C(=O)NCc3ccco3)c2c1. The van der Waals surface area contributed by atoms with Crippen molar-refractivity contribution in [3.05, 3.63) is 87.3 Å². The third-order valence-electron chi connectivity index (χ3n) is 4.70. The van der Waals surface area contributed by atoms with Gasteiger partial charge in [0.2, 0.25) is 0 Å². The first-order chi connectivity index (χ1) is 13.9. The molecule has 1 N–H and O–H groups in total. The van der Waals surface area contributed by atoms with Crippen molar-refractivity contribution in [1.29, 1.82) is 0 Å². The number of carbonyl (C=O) groups is 1. The van der Waals surface area contributed by atoms with E-state index < -0.39 is 0 Å². The van der Waals surface area contributed by atoms with Crippen molar-refractivity contribution >= 4 is 40.0 Å². The standard InChI is InChI=1S/C23H18Cl2N2O2/c1-13-8-14(2)22-18(9-13)19(23(28)26-12-16-4-3-7-29-16)11-21(27-22)17-6-5-15(24)10-20(17)25/h3-11H,12H2,1-2H3,(H,26,28). The highest BCUT2D eigenvalue weighted by atomic mass is 35.5. The maximum atomic E-state index is 13.1. The van der Waals surface area contributed by atoms with Crippen LogP contribution in [-0.4, -0.2) is 10.9 Å². The number of amides is 1. The number of nitrogens with one attached hydrogen (secondary N) is 1. The molecule has 4 nitrogen and oxygen atoms in total. The molecule has 2 aromatic carbocycles. The average molecular weight is 425 g/mol. The second kappa shape index (κ2) is 7.90. The Morgan fingerprint density at radius 2 is 1.93 bits per heavy atom. The highest BCUT2D eigenvalue weighted by molar-refractivity contribution is 6.36. The molecule has 4 aromatic rings. The molecule has 0 spiro atoms. The van der Waals surface area contributed by atoms with E-state index in [1.165, 1.54) is 0 Å². The van der Waals surface area contributed by atoms with Crippen LogP contribution >= 0.6 is 23.2 Å². The van der Waals surface area contributed by atoms with E-state index in [1.54, 1.807) is 30.5 Å². The molecule has 0 radical (unpaired) electrons. The van der Waals surface area contributed by atoms with Gasteiger partial charge in [0, 0.05) is 16.0 Å². The molecule has 0 bridgehead atoms. The molecule has 146 valence electrons. The molecule has 0 unspecified atom stereocenters. The van der Waals surface area contributed by atoms with Crippen LogP contribution in [0.25, 0.3) is 22.2 Å². The van der Waals surface area contributed by atoms with Gasteiger partial charge in [0.1, 0.15) is 5.76 Å². The van der Waals surface area contributed by atoms with Gasteiger partial charge in [-0.1, -0.05) is 34.8 Å². The third kappa shape index (κ3) is 4.00. The monoisotopic (exact) mass is 424 g/mol. The number of aryl methyl sites for hydroxylation is 2. The van der Waals surface area contributed by atoms with E-state index in [1.807, 2.05) is 38.1 Å². The number of halogens is 2. The number of fused-ring (bicyclic) bond motifs is 1. The molecule has 0 fully saturated rings. The lowest BCUT2D eigenvalue weighted by Crippen LogP contribution is -2.23. The fourth-order valence-corrected chi connectivity index (χ4v) is 3.89. The Labute approximate surface area is 178 Å². The van der Waals surface area contributed by atoms with Gasteiger partial charge in [0.05, 0.1) is 34.6 Å². The minimum atomic E-state index is -0.204. The second-order valence-corrected chi connectivity index (χ2v) is 7.76. The number of pyridine rings is 1. The van der Waals surface area contributed by atoms with Crippen molar-refractivity contribution in [2.75, 3.05) is 0 Å². The Morgan fingerprint density at radius 1 is 1.10 bits per heavy atom. The smallest absolute Gasteiger partial charge is 0.252 e. The fourth-order valence-electron chi connectivity index (χ4n) is 3.38. The minimum Gasteiger partial charge on any atom is -0.467 e. The van der Waals surface area contributed by atoms with Crippen LogP contribution in [0.15, 0.2) is 59.2 Å². The predicted molar refractivity (Wildman–Crippen MR) is 117 cm³/mol. The van der Waals surface area contributed by atoms with E-state index in [4.69, 9.17) is 32.6 Å². The van der Waals surface area contributed by atoms with Crippen molar-refractivity contribution in [3.8, 4) is 11.3 Å². The lowest BCUT2D eigenvalue weighted by atomic mass is 9.99. The lowest BCUT2D eigenvalue weighted by molar-refractivity contribution is 0.0949. The molecule has 0 saturated carbocycles. The van der Waals surface area contributed by atoms with E-state index >= 15 is 0 Å². The highest BCUT2D eigenvalue weighted by Crippen LogP contribution is 2.33. The first-order valence-corrected chi connectivity index (χ1v) is 9.86. The molecule has 6 heteroatoms. The zero-order valence-corrected chi connectivity index (χ0v) is 17.4. The zero-order valence-electron chi connectivity index (χ0n) is 15.9. The van der Waals surface area contributed by atoms with E-state index in [2.05, 4.69) is 5.32 Å². The molecular formula is C23H18Cl2N2O2. The quantitative estimate of drug-likeness (QED) is 0.415. The van der Waals surface area contributed by atoms with Crippen LogP contribution in [0.2, 0.25) is 10.0 Å². The van der Waals surface area contributed by atoms with Crippen LogP contribution < -0.4 is 5.32 Å². The van der Waals surface area contributed by atoms with Gasteiger partial charge >= 0.3 is 0 Å². The summed E-state index contributed by atoms with van der Waals surface area (Å²) in [6, 6.07) is 14.6. The van der Waals surface area contributed by atoms with Crippen LogP contribution in [0.3, 0.4) is 0 Å². The number of furan rings is 1. The highest BCUT2D eigenvalue weighted by Gasteiger charge is 2.17. The van der Waals surface area contributed by atoms with Gasteiger partial charge in [-0.15, -0.1) is 0 Å². The maximum Gasteiger partial charge on any atom is 0.252 e. The first kappa shape index (κ1) is 19.5. The average Bonchev–Trinajstić information content (AvgIpc) is 3.19. The van der Waals surface area contributed by atoms with Crippen molar-refractivity contribution in [2.24, 2.45) is 0 Å². The van der Waals surface area contributed by atoms with Crippen LogP contribution in [0, 0.1) is 13.8 Å². The molecule has 0 aliphatic rings. The van der Waals surface area contributed by atoms with E-state index in [9.17, 15) is 4.79 Å². The number of hydrogen-bond donors (Lipinski definition) is 1. The number of carbonyl (C=O) groups excluding carboxylic acids is 1. The lowest BCUT2D eigenvalue weighted by Gasteiger charge is -2.13. The molecular weight excluding hydrogens is 407 g/mol. The molecule has 1 amide bonds. The summed E-state index contributed by atoms with van der Waals surface area (Å²) in [5.74, 6) is 0.482. The topological polar surface area (TPSA) is 55.1 Å². The Kier molecular flexibility index (Phi) is 5.31. The van der Waals surface area contributed by atoms with Gasteiger partial charge in [0.15, 0.2) is 0 Å². The summed E-state index contributed by atoms with van der Waals surface area (Å²) in [7, 11) is 0. The molecule has 0 atom stereocenters. The maximum absolute atomic E-state index is 13.1. The largest absolute Gasteiger partial charge is 0.467 e. The molecule has 2 aromatic heterocycles. The van der Waals surface area contributed by atoms with Gasteiger partial charge in [-0.3, -0.25) is 4.79 Å². The summed E-state index contributed by atoms with van der Waals surface area (Å²) in [4.78, 5) is 17.9. The van der Waals surface area contributed by atoms with Gasteiger partial charge in [-0.25, -0.2) is 4.98 Å². The van der Waals surface area contributed by atoms with Crippen LogP contribution in [0.1, 0.15) is 27.2 Å². The van der Waals surface area contributed by atoms with E-state index in [0.717, 1.165) is 27.6 Å². The summed E-state index contributed by atoms with van der Waals surface area (Å²) >= 11 is 12.4. The number of hydrogen-bond acceptors (Lipinski definition) is 3. The number of nitrogens with zero attached hydrogens (tertiary/aromatic N) is 1. The minimum absolute atomic E-state index is 0.204. The normalized spacial score (nSPS) is 11.0. The van der Waals surface area contributed by atoms with Crippen LogP contribution in [0.5, 0.6) is 0 Å². The van der Waals surface area contributed by atoms with Gasteiger partial charge in [0.25, 0.3) is 5.91 Å². The fraction of sp³-hybridized carbons (Fsp3) is 0.130.